The van der Waals surface area contributed by atoms with Crippen LogP contribution < -0.4 is 4.89 Å². The van der Waals surface area contributed by atoms with Crippen molar-refractivity contribution in [2.75, 3.05) is 47.5 Å². The molecule has 0 aromatic heterocycles. The fourth-order valence-electron chi connectivity index (χ4n) is 11.2. The number of ether oxygens (including phenoxy) is 2. The van der Waals surface area contributed by atoms with E-state index >= 15 is 0 Å². The number of nitrogens with zero attached hydrogens (tertiary/aromatic N) is 1. The molecule has 0 bridgehead atoms. The first-order valence-electron chi connectivity index (χ1n) is 38.0. The third-order valence-electron chi connectivity index (χ3n) is 17.0. The highest BCUT2D eigenvalue weighted by atomic mass is 31.2. The summed E-state index contributed by atoms with van der Waals surface area (Å²) in [5.74, 6) is -0.812. The van der Waals surface area contributed by atoms with E-state index in [0.717, 1.165) is 57.8 Å². The van der Waals surface area contributed by atoms with Crippen molar-refractivity contribution >= 4 is 19.8 Å². The molecular formula is C78H146NO8P. The van der Waals surface area contributed by atoms with Crippen LogP contribution in [0.2, 0.25) is 0 Å². The Balaban J connectivity index is 3.95. The minimum Gasteiger partial charge on any atom is -0.756 e. The van der Waals surface area contributed by atoms with Crippen molar-refractivity contribution < 1.29 is 42.1 Å². The van der Waals surface area contributed by atoms with Gasteiger partial charge in [0.1, 0.15) is 19.8 Å². The lowest BCUT2D eigenvalue weighted by Crippen LogP contribution is -2.37. The highest BCUT2D eigenvalue weighted by molar-refractivity contribution is 7.45. The van der Waals surface area contributed by atoms with E-state index in [-0.39, 0.29) is 32.0 Å². The minimum atomic E-state index is -4.64. The molecule has 0 radical (unpaired) electrons. The van der Waals surface area contributed by atoms with E-state index in [1.54, 1.807) is 0 Å². The van der Waals surface area contributed by atoms with Gasteiger partial charge in [-0.15, -0.1) is 0 Å². The van der Waals surface area contributed by atoms with Gasteiger partial charge < -0.3 is 27.9 Å². The number of allylic oxidation sites excluding steroid dienone is 10. The quantitative estimate of drug-likeness (QED) is 0.0195. The molecule has 0 saturated heterocycles. The second-order valence-corrected chi connectivity index (χ2v) is 28.4. The zero-order valence-corrected chi connectivity index (χ0v) is 59.8. The van der Waals surface area contributed by atoms with Gasteiger partial charge in [-0.05, 0) is 77.0 Å². The zero-order valence-electron chi connectivity index (χ0n) is 58.9. The van der Waals surface area contributed by atoms with Crippen molar-refractivity contribution in [3.8, 4) is 0 Å². The molecule has 516 valence electrons. The number of phosphoric acid groups is 1. The number of unbranched alkanes of at least 4 members (excludes halogenated alkanes) is 47. The summed E-state index contributed by atoms with van der Waals surface area (Å²) in [4.78, 5) is 38.1. The first-order chi connectivity index (χ1) is 43.0. The third-order valence-corrected chi connectivity index (χ3v) is 18.0. The van der Waals surface area contributed by atoms with Crippen LogP contribution in [-0.4, -0.2) is 70.0 Å². The molecule has 0 fully saturated rings. The lowest BCUT2D eigenvalue weighted by molar-refractivity contribution is -0.870. The Morgan fingerprint density at radius 2 is 0.648 bits per heavy atom. The van der Waals surface area contributed by atoms with Gasteiger partial charge in [-0.3, -0.25) is 14.2 Å². The first kappa shape index (κ1) is 85.7. The lowest BCUT2D eigenvalue weighted by Gasteiger charge is -2.28. The van der Waals surface area contributed by atoms with Gasteiger partial charge in [0.25, 0.3) is 7.82 Å². The standard InChI is InChI=1S/C78H146NO8P/c1-6-8-10-12-14-16-18-20-22-24-26-28-30-32-34-36-38-39-41-43-45-47-49-51-53-55-57-59-61-63-65-67-69-71-78(81)87-76(75-86-88(82,83)85-73-72-79(3,4)5)74-84-77(80)70-68-66-64-62-60-58-56-54-52-50-48-46-44-42-40-37-35-33-31-29-27-25-23-21-19-17-15-13-11-9-7-2/h8,10,14,16,20,22,25-28,76H,6-7,9,11-13,15,17-19,21,23-24,29-75H2,1-5H3/b10-8-,16-14-,22-20-,27-25-,28-26-. The van der Waals surface area contributed by atoms with E-state index < -0.39 is 26.5 Å². The normalized spacial score (nSPS) is 13.4. The van der Waals surface area contributed by atoms with Gasteiger partial charge in [-0.25, -0.2) is 0 Å². The lowest BCUT2D eigenvalue weighted by atomic mass is 10.0. The van der Waals surface area contributed by atoms with Crippen molar-refractivity contribution in [3.63, 3.8) is 0 Å². The van der Waals surface area contributed by atoms with Gasteiger partial charge in [0.15, 0.2) is 6.10 Å². The van der Waals surface area contributed by atoms with Crippen LogP contribution in [0.4, 0.5) is 0 Å². The van der Waals surface area contributed by atoms with Gasteiger partial charge in [0.05, 0.1) is 27.7 Å². The molecule has 2 atom stereocenters. The molecule has 2 unspecified atom stereocenters. The Morgan fingerprint density at radius 1 is 0.364 bits per heavy atom. The monoisotopic (exact) mass is 1260 g/mol. The maximum atomic E-state index is 12.9. The number of likely N-dealkylation sites (N-methyl/N-ethyl adjacent to an activating group) is 1. The van der Waals surface area contributed by atoms with E-state index in [2.05, 4.69) is 74.6 Å². The van der Waals surface area contributed by atoms with Crippen molar-refractivity contribution in [1.29, 1.82) is 0 Å². The van der Waals surface area contributed by atoms with E-state index in [9.17, 15) is 19.0 Å². The molecule has 0 aromatic rings. The van der Waals surface area contributed by atoms with Crippen molar-refractivity contribution in [3.05, 3.63) is 60.8 Å². The van der Waals surface area contributed by atoms with Crippen LogP contribution >= 0.6 is 7.82 Å². The van der Waals surface area contributed by atoms with Crippen molar-refractivity contribution in [2.24, 2.45) is 0 Å². The summed E-state index contributed by atoms with van der Waals surface area (Å²) in [6, 6.07) is 0. The molecule has 0 spiro atoms. The Bertz CT molecular complexity index is 1670. The maximum Gasteiger partial charge on any atom is 0.306 e. The van der Waals surface area contributed by atoms with Crippen LogP contribution in [0.3, 0.4) is 0 Å². The molecule has 88 heavy (non-hydrogen) atoms. The summed E-state index contributed by atoms with van der Waals surface area (Å²) < 4.78 is 34.4. The number of esters is 2. The summed E-state index contributed by atoms with van der Waals surface area (Å²) in [5, 5.41) is 0. The summed E-state index contributed by atoms with van der Waals surface area (Å²) in [7, 11) is 1.18. The largest absolute Gasteiger partial charge is 0.756 e. The van der Waals surface area contributed by atoms with E-state index in [4.69, 9.17) is 18.5 Å². The average molecular weight is 1260 g/mol. The highest BCUT2D eigenvalue weighted by Gasteiger charge is 2.22. The summed E-state index contributed by atoms with van der Waals surface area (Å²) in [5.41, 5.74) is 0. The fraction of sp³-hybridized carbons (Fsp3) is 0.846. The highest BCUT2D eigenvalue weighted by Crippen LogP contribution is 2.38. The number of quaternary nitrogens is 1. The Kier molecular flexibility index (Phi) is 67.3. The molecule has 0 amide bonds. The molecule has 0 rings (SSSR count). The number of carbonyl (C=O) groups excluding carboxylic acids is 2. The Labute approximate surface area is 546 Å². The summed E-state index contributed by atoms with van der Waals surface area (Å²) >= 11 is 0. The zero-order chi connectivity index (χ0) is 64.1. The van der Waals surface area contributed by atoms with Gasteiger partial charge in [0, 0.05) is 12.8 Å². The predicted molar refractivity (Wildman–Crippen MR) is 379 cm³/mol. The van der Waals surface area contributed by atoms with Crippen molar-refractivity contribution in [2.45, 2.75) is 380 Å². The molecular weight excluding hydrogens is 1110 g/mol. The van der Waals surface area contributed by atoms with Crippen molar-refractivity contribution in [1.82, 2.24) is 0 Å². The number of rotatable bonds is 71. The van der Waals surface area contributed by atoms with Crippen LogP contribution in [0.25, 0.3) is 0 Å². The topological polar surface area (TPSA) is 111 Å². The molecule has 0 heterocycles. The number of hydrogen-bond acceptors (Lipinski definition) is 8. The van der Waals surface area contributed by atoms with Gasteiger partial charge in [-0.1, -0.05) is 344 Å². The van der Waals surface area contributed by atoms with E-state index in [0.29, 0.717) is 17.4 Å². The molecule has 0 aliphatic carbocycles. The van der Waals surface area contributed by atoms with E-state index in [1.807, 2.05) is 21.1 Å². The third kappa shape index (κ3) is 72.8. The molecule has 9 nitrogen and oxygen atoms in total. The molecule has 0 aromatic carbocycles. The maximum absolute atomic E-state index is 12.9. The van der Waals surface area contributed by atoms with Gasteiger partial charge >= 0.3 is 11.9 Å². The number of carbonyl (C=O) groups is 2. The Hall–Kier alpha value is -2.29. The predicted octanol–water partition coefficient (Wildman–Crippen LogP) is 24.3. The molecule has 0 aliphatic rings. The molecule has 0 aliphatic heterocycles. The number of phosphoric ester groups is 1. The Morgan fingerprint density at radius 3 is 0.977 bits per heavy atom. The summed E-state index contributed by atoms with van der Waals surface area (Å²) in [6.45, 7) is 4.19. The van der Waals surface area contributed by atoms with Gasteiger partial charge in [0.2, 0.25) is 0 Å². The molecule has 0 saturated carbocycles. The van der Waals surface area contributed by atoms with Crippen LogP contribution in [-0.2, 0) is 32.7 Å². The number of hydrogen-bond donors (Lipinski definition) is 0. The van der Waals surface area contributed by atoms with Crippen LogP contribution in [0.15, 0.2) is 60.8 Å². The molecule has 0 N–H and O–H groups in total. The first-order valence-corrected chi connectivity index (χ1v) is 39.5. The van der Waals surface area contributed by atoms with Crippen LogP contribution in [0.1, 0.15) is 373 Å². The second kappa shape index (κ2) is 69.1. The minimum absolute atomic E-state index is 0.0288. The molecule has 10 heteroatoms. The van der Waals surface area contributed by atoms with Crippen LogP contribution in [0, 0.1) is 0 Å². The average Bonchev–Trinajstić information content (AvgIpc) is 3.56. The fourth-order valence-corrected chi connectivity index (χ4v) is 12.0. The van der Waals surface area contributed by atoms with E-state index in [1.165, 1.54) is 283 Å². The van der Waals surface area contributed by atoms with Crippen LogP contribution in [0.5, 0.6) is 0 Å². The second-order valence-electron chi connectivity index (χ2n) is 27.0. The summed E-state index contributed by atoms with van der Waals surface area (Å²) in [6.07, 6.45) is 91.9. The van der Waals surface area contributed by atoms with Gasteiger partial charge in [-0.2, -0.15) is 0 Å². The SMILES string of the molecule is CC/C=C\C/C=C\C/C=C\C/C=C\CCCCCCCCCCCCCCCCCCCCCCC(=O)OC(COC(=O)CCCCCCCCCCCCCCCCCCCCC/C=C\CCCCCCCCCC)COP(=O)([O-])OCC[N+](C)(C)C. The smallest absolute Gasteiger partial charge is 0.306 e.